The van der Waals surface area contributed by atoms with Crippen LogP contribution in [-0.4, -0.2) is 27.1 Å². The van der Waals surface area contributed by atoms with Crippen molar-refractivity contribution in [3.8, 4) is 0 Å². The molecule has 29 heavy (non-hydrogen) atoms. The number of hydrogen-bond donors (Lipinski definition) is 0. The number of carbonyl (C=O) groups is 1. The maximum atomic E-state index is 13.5. The average molecular weight is 426 g/mol. The minimum Gasteiger partial charge on any atom is -0.334 e. The zero-order valence-electron chi connectivity index (χ0n) is 16.4. The smallest absolute Gasteiger partial charge is 0.334 e. The van der Waals surface area contributed by atoms with Gasteiger partial charge in [0.2, 0.25) is 5.91 Å². The summed E-state index contributed by atoms with van der Waals surface area (Å²) in [5, 5.41) is 4.73. The molecule has 1 saturated heterocycles. The van der Waals surface area contributed by atoms with Gasteiger partial charge >= 0.3 is 6.18 Å². The summed E-state index contributed by atoms with van der Waals surface area (Å²) in [7, 11) is 0. The predicted molar refractivity (Wildman–Crippen MR) is 104 cm³/mol. The molecule has 0 spiro atoms. The van der Waals surface area contributed by atoms with Crippen LogP contribution in [0.25, 0.3) is 0 Å². The Kier molecular flexibility index (Phi) is 5.13. The number of benzene rings is 1. The number of aromatic nitrogens is 2. The highest BCUT2D eigenvalue weighted by Crippen LogP contribution is 2.42. The molecule has 1 atom stereocenters. The van der Waals surface area contributed by atoms with Gasteiger partial charge in [-0.05, 0) is 56.7 Å². The maximum absolute atomic E-state index is 13.5. The molecule has 156 valence electrons. The first-order chi connectivity index (χ1) is 13.6. The Hall–Kier alpha value is -2.02. The van der Waals surface area contributed by atoms with Gasteiger partial charge in [-0.15, -0.1) is 0 Å². The normalized spacial score (nSPS) is 19.8. The third-order valence-electron chi connectivity index (χ3n) is 5.73. The molecule has 1 aliphatic carbocycles. The summed E-state index contributed by atoms with van der Waals surface area (Å²) in [4.78, 5) is 14.7. The number of amides is 1. The summed E-state index contributed by atoms with van der Waals surface area (Å²) >= 11 is 6.50. The predicted octanol–water partition coefficient (Wildman–Crippen LogP) is 5.41. The van der Waals surface area contributed by atoms with E-state index in [1.165, 1.54) is 0 Å². The van der Waals surface area contributed by atoms with Crippen LogP contribution in [0.2, 0.25) is 5.02 Å². The van der Waals surface area contributed by atoms with E-state index < -0.39 is 18.4 Å². The highest BCUT2D eigenvalue weighted by Gasteiger charge is 2.40. The average Bonchev–Trinajstić information content (AvgIpc) is 3.20. The van der Waals surface area contributed by atoms with E-state index in [4.69, 9.17) is 11.6 Å². The highest BCUT2D eigenvalue weighted by molar-refractivity contribution is 6.32. The van der Waals surface area contributed by atoms with Gasteiger partial charge in [-0.1, -0.05) is 29.3 Å². The summed E-state index contributed by atoms with van der Waals surface area (Å²) in [6.07, 6.45) is -1.31. The van der Waals surface area contributed by atoms with Crippen LogP contribution in [-0.2, 0) is 17.5 Å². The van der Waals surface area contributed by atoms with E-state index in [-0.39, 0.29) is 17.9 Å². The molecular weight excluding hydrogens is 403 g/mol. The Morgan fingerprint density at radius 2 is 1.93 bits per heavy atom. The number of hydrogen-bond acceptors (Lipinski definition) is 2. The number of rotatable bonds is 4. The van der Waals surface area contributed by atoms with Gasteiger partial charge in [-0.25, -0.2) is 0 Å². The monoisotopic (exact) mass is 425 g/mol. The maximum Gasteiger partial charge on any atom is 0.433 e. The minimum atomic E-state index is -4.54. The van der Waals surface area contributed by atoms with Gasteiger partial charge in [-0.3, -0.25) is 9.48 Å². The van der Waals surface area contributed by atoms with Gasteiger partial charge in [0.1, 0.15) is 12.2 Å². The molecule has 0 bridgehead atoms. The van der Waals surface area contributed by atoms with Crippen molar-refractivity contribution < 1.29 is 18.0 Å². The first-order valence-corrected chi connectivity index (χ1v) is 10.2. The molecule has 1 amide bonds. The molecule has 2 heterocycles. The zero-order valence-corrected chi connectivity index (χ0v) is 17.1. The zero-order chi connectivity index (χ0) is 20.9. The molecule has 1 aromatic carbocycles. The van der Waals surface area contributed by atoms with E-state index in [9.17, 15) is 18.0 Å². The number of halogens is 4. The van der Waals surface area contributed by atoms with Crippen molar-refractivity contribution in [3.05, 3.63) is 51.3 Å². The standard InChI is InChI=1S/C21H23ClF3N3O/c1-12-8-13(2)20(22)15(9-12)17-4-3-7-27(17)19(29)11-28-18(21(23,24)25)10-16(26-28)14-5-6-14/h8-10,14,17H,3-7,11H2,1-2H3/t17-/m1/s1. The lowest BCUT2D eigenvalue weighted by atomic mass is 9.99. The van der Waals surface area contributed by atoms with Gasteiger partial charge in [0, 0.05) is 17.5 Å². The van der Waals surface area contributed by atoms with E-state index >= 15 is 0 Å². The molecule has 0 N–H and O–H groups in total. The lowest BCUT2D eigenvalue weighted by molar-refractivity contribution is -0.146. The van der Waals surface area contributed by atoms with Crippen molar-refractivity contribution in [2.24, 2.45) is 0 Å². The van der Waals surface area contributed by atoms with Crippen LogP contribution in [0.15, 0.2) is 18.2 Å². The van der Waals surface area contributed by atoms with Gasteiger partial charge in [-0.2, -0.15) is 18.3 Å². The van der Waals surface area contributed by atoms with Crippen LogP contribution < -0.4 is 0 Å². The molecular formula is C21H23ClF3N3O. The summed E-state index contributed by atoms with van der Waals surface area (Å²) in [5.74, 6) is -0.278. The summed E-state index contributed by atoms with van der Waals surface area (Å²) < 4.78 is 41.2. The van der Waals surface area contributed by atoms with Crippen molar-refractivity contribution in [3.63, 3.8) is 0 Å². The van der Waals surface area contributed by atoms with Crippen LogP contribution in [0.1, 0.15) is 65.7 Å². The van der Waals surface area contributed by atoms with E-state index in [0.717, 1.165) is 53.1 Å². The number of alkyl halides is 3. The Labute approximate surface area is 172 Å². The van der Waals surface area contributed by atoms with E-state index in [0.29, 0.717) is 17.3 Å². The molecule has 2 aromatic rings. The van der Waals surface area contributed by atoms with Crippen LogP contribution in [0, 0.1) is 13.8 Å². The van der Waals surface area contributed by atoms with Crippen molar-refractivity contribution in [1.82, 2.24) is 14.7 Å². The summed E-state index contributed by atoms with van der Waals surface area (Å²) in [6, 6.07) is 4.81. The summed E-state index contributed by atoms with van der Waals surface area (Å²) in [6.45, 7) is 3.97. The van der Waals surface area contributed by atoms with E-state index in [1.54, 1.807) is 4.90 Å². The molecule has 8 heteroatoms. The SMILES string of the molecule is Cc1cc(C)c(Cl)c([C@H]2CCCN2C(=O)Cn2nc(C3CC3)cc2C(F)(F)F)c1. The van der Waals surface area contributed by atoms with Crippen molar-refractivity contribution in [2.75, 3.05) is 6.54 Å². The van der Waals surface area contributed by atoms with Crippen LogP contribution in [0.5, 0.6) is 0 Å². The summed E-state index contributed by atoms with van der Waals surface area (Å²) in [5.41, 5.74) is 2.42. The second kappa shape index (κ2) is 7.35. The number of nitrogens with zero attached hydrogens (tertiary/aromatic N) is 3. The Morgan fingerprint density at radius 1 is 1.21 bits per heavy atom. The van der Waals surface area contributed by atoms with Gasteiger partial charge in [0.05, 0.1) is 11.7 Å². The number of carbonyl (C=O) groups excluding carboxylic acids is 1. The molecule has 0 unspecified atom stereocenters. The lowest BCUT2D eigenvalue weighted by Gasteiger charge is -2.27. The number of likely N-dealkylation sites (tertiary alicyclic amines) is 1. The van der Waals surface area contributed by atoms with Gasteiger partial charge in [0.25, 0.3) is 0 Å². The fourth-order valence-corrected chi connectivity index (χ4v) is 4.43. The molecule has 4 nitrogen and oxygen atoms in total. The van der Waals surface area contributed by atoms with Crippen molar-refractivity contribution in [2.45, 2.75) is 64.2 Å². The molecule has 2 fully saturated rings. The van der Waals surface area contributed by atoms with Gasteiger partial charge < -0.3 is 4.90 Å². The van der Waals surface area contributed by atoms with Crippen molar-refractivity contribution in [1.29, 1.82) is 0 Å². The lowest BCUT2D eigenvalue weighted by Crippen LogP contribution is -2.34. The fourth-order valence-electron chi connectivity index (χ4n) is 4.20. The van der Waals surface area contributed by atoms with Crippen LogP contribution in [0.4, 0.5) is 13.2 Å². The topological polar surface area (TPSA) is 38.1 Å². The first-order valence-electron chi connectivity index (χ1n) is 9.86. The van der Waals surface area contributed by atoms with E-state index in [1.807, 2.05) is 26.0 Å². The molecule has 2 aliphatic rings. The van der Waals surface area contributed by atoms with E-state index in [2.05, 4.69) is 5.10 Å². The largest absolute Gasteiger partial charge is 0.433 e. The minimum absolute atomic E-state index is 0.0843. The van der Waals surface area contributed by atoms with Crippen LogP contribution >= 0.6 is 11.6 Å². The fraction of sp³-hybridized carbons (Fsp3) is 0.524. The number of aryl methyl sites for hydroxylation is 2. The Bertz CT molecular complexity index is 949. The molecule has 4 rings (SSSR count). The molecule has 0 radical (unpaired) electrons. The highest BCUT2D eigenvalue weighted by atomic mass is 35.5. The van der Waals surface area contributed by atoms with Crippen LogP contribution in [0.3, 0.4) is 0 Å². The molecule has 1 aromatic heterocycles. The second-order valence-electron chi connectivity index (χ2n) is 8.11. The Morgan fingerprint density at radius 3 is 2.59 bits per heavy atom. The first kappa shape index (κ1) is 20.3. The quantitative estimate of drug-likeness (QED) is 0.656. The molecule has 1 aliphatic heterocycles. The third kappa shape index (κ3) is 4.02. The third-order valence-corrected chi connectivity index (χ3v) is 6.25. The van der Waals surface area contributed by atoms with Gasteiger partial charge in [0.15, 0.2) is 0 Å². The molecule has 1 saturated carbocycles. The van der Waals surface area contributed by atoms with Crippen molar-refractivity contribution >= 4 is 17.5 Å². The Balaban J connectivity index is 1.60. The second-order valence-corrected chi connectivity index (χ2v) is 8.49.